The van der Waals surface area contributed by atoms with Gasteiger partial charge in [0.2, 0.25) is 0 Å². The Morgan fingerprint density at radius 2 is 1.94 bits per heavy atom. The normalized spacial score (nSPS) is 12.5. The van der Waals surface area contributed by atoms with Crippen LogP contribution in [0.1, 0.15) is 11.1 Å². The summed E-state index contributed by atoms with van der Waals surface area (Å²) in [7, 11) is 0. The molecule has 4 aromatic rings. The molecule has 0 saturated carbocycles. The predicted octanol–water partition coefficient (Wildman–Crippen LogP) is 4.68. The van der Waals surface area contributed by atoms with Crippen LogP contribution in [0.25, 0.3) is 11.1 Å². The molecule has 7 nitrogen and oxygen atoms in total. The first-order valence-corrected chi connectivity index (χ1v) is 10.4. The molecule has 3 heterocycles. The number of pyridine rings is 2. The van der Waals surface area contributed by atoms with Crippen molar-refractivity contribution >= 4 is 23.1 Å². The molecule has 0 aliphatic carbocycles. The van der Waals surface area contributed by atoms with Gasteiger partial charge >= 0.3 is 0 Å². The van der Waals surface area contributed by atoms with E-state index < -0.39 is 0 Å². The Morgan fingerprint density at radius 1 is 1.03 bits per heavy atom. The smallest absolute Gasteiger partial charge is 0.265 e. The SMILES string of the molecule is N#Cc1cccc(Nc2cc(-c3ccc4c(c3)N(Cc3cccnc3)C(=O)CO4)ccn2)c1. The topological polar surface area (TPSA) is 91.1 Å². The third-order valence-corrected chi connectivity index (χ3v) is 5.32. The molecular formula is C26H19N5O2. The number of nitrogens with zero attached hydrogens (tertiary/aromatic N) is 4. The van der Waals surface area contributed by atoms with E-state index in [-0.39, 0.29) is 12.5 Å². The fourth-order valence-electron chi connectivity index (χ4n) is 3.72. The Balaban J connectivity index is 1.45. The van der Waals surface area contributed by atoms with Gasteiger partial charge in [-0.1, -0.05) is 18.2 Å². The molecule has 0 atom stereocenters. The van der Waals surface area contributed by atoms with E-state index >= 15 is 0 Å². The standard InChI is InChI=1S/C26H19N5O2/c27-14-18-3-1-5-22(11-18)30-25-13-21(8-10-29-25)20-6-7-24-23(12-20)31(26(32)17-33-24)16-19-4-2-9-28-15-19/h1-13,15H,16-17H2,(H,29,30). The van der Waals surface area contributed by atoms with Crippen LogP contribution in [-0.2, 0) is 11.3 Å². The van der Waals surface area contributed by atoms with Crippen molar-refractivity contribution in [1.29, 1.82) is 5.26 Å². The molecule has 0 fully saturated rings. The molecule has 1 N–H and O–H groups in total. The van der Waals surface area contributed by atoms with Gasteiger partial charge in [-0.3, -0.25) is 9.78 Å². The largest absolute Gasteiger partial charge is 0.482 e. The molecule has 7 heteroatoms. The van der Waals surface area contributed by atoms with Crippen LogP contribution in [0.5, 0.6) is 5.75 Å². The monoisotopic (exact) mass is 433 g/mol. The Hall–Kier alpha value is -4.70. The number of carbonyl (C=O) groups is 1. The van der Waals surface area contributed by atoms with Crippen LogP contribution in [0.4, 0.5) is 17.2 Å². The van der Waals surface area contributed by atoms with Gasteiger partial charge in [0.1, 0.15) is 11.6 Å². The second kappa shape index (κ2) is 8.81. The maximum Gasteiger partial charge on any atom is 0.265 e. The van der Waals surface area contributed by atoms with Gasteiger partial charge < -0.3 is 15.0 Å². The Labute approximate surface area is 190 Å². The fraction of sp³-hybridized carbons (Fsp3) is 0.0769. The summed E-state index contributed by atoms with van der Waals surface area (Å²) >= 11 is 0. The lowest BCUT2D eigenvalue weighted by Crippen LogP contribution is -2.38. The first kappa shape index (κ1) is 20.2. The highest BCUT2D eigenvalue weighted by atomic mass is 16.5. The van der Waals surface area contributed by atoms with Crippen LogP contribution >= 0.6 is 0 Å². The average molecular weight is 433 g/mol. The molecule has 0 saturated heterocycles. The van der Waals surface area contributed by atoms with Crippen LogP contribution in [0.15, 0.2) is 85.3 Å². The number of fused-ring (bicyclic) bond motifs is 1. The van der Waals surface area contributed by atoms with Gasteiger partial charge in [0.05, 0.1) is 23.9 Å². The van der Waals surface area contributed by atoms with Crippen molar-refractivity contribution in [3.8, 4) is 22.9 Å². The van der Waals surface area contributed by atoms with E-state index in [9.17, 15) is 4.79 Å². The van der Waals surface area contributed by atoms with Crippen molar-refractivity contribution in [3.05, 3.63) is 96.4 Å². The molecule has 1 amide bonds. The summed E-state index contributed by atoms with van der Waals surface area (Å²) in [6, 6.07) is 22.8. The molecule has 5 rings (SSSR count). The van der Waals surface area contributed by atoms with Crippen LogP contribution in [-0.4, -0.2) is 22.5 Å². The molecule has 33 heavy (non-hydrogen) atoms. The van der Waals surface area contributed by atoms with E-state index in [4.69, 9.17) is 10.00 Å². The average Bonchev–Trinajstić information content (AvgIpc) is 2.86. The van der Waals surface area contributed by atoms with E-state index in [2.05, 4.69) is 21.4 Å². The van der Waals surface area contributed by atoms with E-state index in [0.717, 1.165) is 28.1 Å². The number of ether oxygens (including phenoxy) is 1. The Bertz CT molecular complexity index is 1360. The molecule has 0 unspecified atom stereocenters. The minimum Gasteiger partial charge on any atom is -0.482 e. The second-order valence-electron chi connectivity index (χ2n) is 7.56. The van der Waals surface area contributed by atoms with Gasteiger partial charge in [-0.2, -0.15) is 5.26 Å². The number of anilines is 3. The zero-order chi connectivity index (χ0) is 22.6. The molecule has 1 aliphatic heterocycles. The molecule has 0 spiro atoms. The zero-order valence-corrected chi connectivity index (χ0v) is 17.6. The number of aromatic nitrogens is 2. The van der Waals surface area contributed by atoms with E-state index in [1.165, 1.54) is 0 Å². The Morgan fingerprint density at radius 3 is 2.79 bits per heavy atom. The summed E-state index contributed by atoms with van der Waals surface area (Å²) in [6.45, 7) is 0.433. The van der Waals surface area contributed by atoms with Crippen molar-refractivity contribution < 1.29 is 9.53 Å². The van der Waals surface area contributed by atoms with Crippen LogP contribution < -0.4 is 15.0 Å². The first-order valence-electron chi connectivity index (χ1n) is 10.4. The lowest BCUT2D eigenvalue weighted by Gasteiger charge is -2.30. The van der Waals surface area contributed by atoms with Gasteiger partial charge in [-0.15, -0.1) is 0 Å². The summed E-state index contributed by atoms with van der Waals surface area (Å²) in [5, 5.41) is 12.4. The number of hydrogen-bond acceptors (Lipinski definition) is 6. The van der Waals surface area contributed by atoms with Crippen molar-refractivity contribution in [1.82, 2.24) is 9.97 Å². The molecule has 0 bridgehead atoms. The van der Waals surface area contributed by atoms with Crippen molar-refractivity contribution in [2.45, 2.75) is 6.54 Å². The summed E-state index contributed by atoms with van der Waals surface area (Å²) in [5.41, 5.74) is 4.89. The van der Waals surface area contributed by atoms with E-state index in [1.54, 1.807) is 35.6 Å². The first-order chi connectivity index (χ1) is 16.2. The highest BCUT2D eigenvalue weighted by molar-refractivity contribution is 5.98. The van der Waals surface area contributed by atoms with Gasteiger partial charge in [-0.05, 0) is 65.2 Å². The third-order valence-electron chi connectivity index (χ3n) is 5.32. The number of amides is 1. The van der Waals surface area contributed by atoms with Crippen LogP contribution in [0.3, 0.4) is 0 Å². The number of carbonyl (C=O) groups excluding carboxylic acids is 1. The molecule has 2 aromatic heterocycles. The van der Waals surface area contributed by atoms with Crippen molar-refractivity contribution in [2.24, 2.45) is 0 Å². The molecular weight excluding hydrogens is 414 g/mol. The number of hydrogen-bond donors (Lipinski definition) is 1. The molecule has 1 aliphatic rings. The number of nitrogens with one attached hydrogen (secondary N) is 1. The highest BCUT2D eigenvalue weighted by Gasteiger charge is 2.26. The van der Waals surface area contributed by atoms with Crippen molar-refractivity contribution in [3.63, 3.8) is 0 Å². The second-order valence-corrected chi connectivity index (χ2v) is 7.56. The lowest BCUT2D eigenvalue weighted by molar-refractivity contribution is -0.121. The summed E-state index contributed by atoms with van der Waals surface area (Å²) < 4.78 is 5.66. The van der Waals surface area contributed by atoms with Crippen LogP contribution in [0, 0.1) is 11.3 Å². The summed E-state index contributed by atoms with van der Waals surface area (Å²) in [5.74, 6) is 1.22. The van der Waals surface area contributed by atoms with Gasteiger partial charge in [-0.25, -0.2) is 4.98 Å². The third kappa shape index (κ3) is 4.36. The zero-order valence-electron chi connectivity index (χ0n) is 17.6. The molecule has 0 radical (unpaired) electrons. The number of rotatable bonds is 5. The highest BCUT2D eigenvalue weighted by Crippen LogP contribution is 2.37. The van der Waals surface area contributed by atoms with Crippen molar-refractivity contribution in [2.75, 3.05) is 16.8 Å². The predicted molar refractivity (Wildman–Crippen MR) is 125 cm³/mol. The quantitative estimate of drug-likeness (QED) is 0.491. The minimum atomic E-state index is -0.0991. The van der Waals surface area contributed by atoms with Gasteiger partial charge in [0.15, 0.2) is 6.61 Å². The maximum atomic E-state index is 12.7. The molecule has 160 valence electrons. The Kier molecular flexibility index (Phi) is 5.40. The maximum absolute atomic E-state index is 12.7. The minimum absolute atomic E-state index is 0.0116. The summed E-state index contributed by atoms with van der Waals surface area (Å²) in [4.78, 5) is 22.9. The van der Waals surface area contributed by atoms with Gasteiger partial charge in [0, 0.05) is 24.3 Å². The number of benzene rings is 2. The van der Waals surface area contributed by atoms with E-state index in [1.807, 2.05) is 54.6 Å². The van der Waals surface area contributed by atoms with Crippen LogP contribution in [0.2, 0.25) is 0 Å². The van der Waals surface area contributed by atoms with Gasteiger partial charge in [0.25, 0.3) is 5.91 Å². The lowest BCUT2D eigenvalue weighted by atomic mass is 10.0. The fourth-order valence-corrected chi connectivity index (χ4v) is 3.72. The summed E-state index contributed by atoms with van der Waals surface area (Å²) in [6.07, 6.45) is 5.19. The molecule has 2 aromatic carbocycles. The number of nitriles is 1. The van der Waals surface area contributed by atoms with E-state index in [0.29, 0.717) is 23.7 Å².